The fourth-order valence-electron chi connectivity index (χ4n) is 3.88. The predicted molar refractivity (Wildman–Crippen MR) is 92.5 cm³/mol. The van der Waals surface area contributed by atoms with Crippen LogP contribution >= 0.6 is 0 Å². The van der Waals surface area contributed by atoms with Crippen molar-refractivity contribution in [2.75, 3.05) is 0 Å². The molecule has 4 rings (SSSR count). The van der Waals surface area contributed by atoms with Gasteiger partial charge in [0, 0.05) is 12.8 Å². The molecule has 1 aliphatic carbocycles. The second-order valence-electron chi connectivity index (χ2n) is 6.19. The van der Waals surface area contributed by atoms with Crippen LogP contribution in [-0.2, 0) is 16.6 Å². The van der Waals surface area contributed by atoms with Gasteiger partial charge in [0.15, 0.2) is 0 Å². The summed E-state index contributed by atoms with van der Waals surface area (Å²) in [6.07, 6.45) is 1.07. The average Bonchev–Trinajstić information content (AvgIpc) is 2.62. The Bertz CT molecular complexity index is 795. The summed E-state index contributed by atoms with van der Waals surface area (Å²) < 4.78 is 0. The van der Waals surface area contributed by atoms with E-state index in [1.165, 1.54) is 16.7 Å². The highest BCUT2D eigenvalue weighted by Crippen LogP contribution is 2.46. The Morgan fingerprint density at radius 3 is 1.78 bits per heavy atom. The van der Waals surface area contributed by atoms with Crippen LogP contribution in [0, 0.1) is 0 Å². The third-order valence-corrected chi connectivity index (χ3v) is 4.86. The maximum atomic E-state index is 12.6. The van der Waals surface area contributed by atoms with Crippen LogP contribution in [0.25, 0.3) is 0 Å². The zero-order valence-corrected chi connectivity index (χ0v) is 12.9. The molecule has 0 radical (unpaired) electrons. The number of hydrogen-bond acceptors (Lipinski definition) is 1. The minimum atomic E-state index is -0.381. The van der Waals surface area contributed by atoms with Crippen molar-refractivity contribution in [2.45, 2.75) is 18.3 Å². The molecule has 0 atom stereocenters. The van der Waals surface area contributed by atoms with E-state index in [1.54, 1.807) is 0 Å². The van der Waals surface area contributed by atoms with E-state index in [4.69, 9.17) is 0 Å². The van der Waals surface area contributed by atoms with Crippen molar-refractivity contribution >= 4 is 5.78 Å². The molecule has 0 aliphatic heterocycles. The molecular weight excluding hydrogens is 280 g/mol. The van der Waals surface area contributed by atoms with E-state index in [9.17, 15) is 4.79 Å². The quantitative estimate of drug-likeness (QED) is 0.679. The maximum absolute atomic E-state index is 12.6. The Balaban J connectivity index is 2.07. The van der Waals surface area contributed by atoms with E-state index < -0.39 is 0 Å². The van der Waals surface area contributed by atoms with Gasteiger partial charge in [0.1, 0.15) is 5.78 Å². The van der Waals surface area contributed by atoms with Crippen LogP contribution in [0.4, 0.5) is 0 Å². The zero-order valence-electron chi connectivity index (χ0n) is 12.9. The maximum Gasteiger partial charge on any atom is 0.138 e. The van der Waals surface area contributed by atoms with Gasteiger partial charge in [0.05, 0.1) is 5.41 Å². The van der Waals surface area contributed by atoms with Crippen LogP contribution < -0.4 is 0 Å². The normalized spacial score (nSPS) is 15.9. The lowest BCUT2D eigenvalue weighted by Gasteiger charge is -2.39. The Morgan fingerprint density at radius 2 is 1.17 bits per heavy atom. The molecule has 112 valence electrons. The van der Waals surface area contributed by atoms with Gasteiger partial charge in [0.2, 0.25) is 0 Å². The number of Topliss-reactive ketones (excluding diaryl/α,β-unsaturated/α-hetero) is 1. The summed E-state index contributed by atoms with van der Waals surface area (Å²) in [5.74, 6) is 0.302. The van der Waals surface area contributed by atoms with Crippen molar-refractivity contribution < 1.29 is 4.79 Å². The minimum absolute atomic E-state index is 0.302. The standard InChI is InChI=1S/C22H18O/c23-20-15-17-9-7-8-14-21(17)22(16-20,18-10-3-1-4-11-18)19-12-5-2-6-13-19/h1-14H,15-16H2. The summed E-state index contributed by atoms with van der Waals surface area (Å²) in [5, 5.41) is 0. The number of carbonyl (C=O) groups is 1. The Labute approximate surface area is 136 Å². The van der Waals surface area contributed by atoms with Crippen LogP contribution in [0.2, 0.25) is 0 Å². The predicted octanol–water partition coefficient (Wildman–Crippen LogP) is 4.54. The number of benzene rings is 3. The van der Waals surface area contributed by atoms with Gasteiger partial charge in [-0.2, -0.15) is 0 Å². The molecule has 0 heterocycles. The first-order valence-corrected chi connectivity index (χ1v) is 8.02. The molecule has 0 unspecified atom stereocenters. The SMILES string of the molecule is O=C1Cc2ccccc2C(c2ccccc2)(c2ccccc2)C1. The van der Waals surface area contributed by atoms with Gasteiger partial charge in [-0.1, -0.05) is 84.9 Å². The second-order valence-corrected chi connectivity index (χ2v) is 6.19. The first-order valence-electron chi connectivity index (χ1n) is 8.02. The molecule has 3 aromatic carbocycles. The van der Waals surface area contributed by atoms with Crippen LogP contribution in [0.5, 0.6) is 0 Å². The van der Waals surface area contributed by atoms with Gasteiger partial charge in [0.25, 0.3) is 0 Å². The molecule has 0 fully saturated rings. The minimum Gasteiger partial charge on any atom is -0.299 e. The molecule has 1 nitrogen and oxygen atoms in total. The van der Waals surface area contributed by atoms with Crippen LogP contribution in [0.1, 0.15) is 28.7 Å². The van der Waals surface area contributed by atoms with Crippen molar-refractivity contribution in [1.29, 1.82) is 0 Å². The van der Waals surface area contributed by atoms with Gasteiger partial charge >= 0.3 is 0 Å². The first-order chi connectivity index (χ1) is 11.3. The number of ketones is 1. The van der Waals surface area contributed by atoms with E-state index in [-0.39, 0.29) is 5.41 Å². The van der Waals surface area contributed by atoms with Gasteiger partial charge in [-0.05, 0) is 22.3 Å². The topological polar surface area (TPSA) is 17.1 Å². The van der Waals surface area contributed by atoms with Crippen LogP contribution in [-0.4, -0.2) is 5.78 Å². The zero-order chi connectivity index (χ0) is 15.7. The van der Waals surface area contributed by atoms with Crippen molar-refractivity contribution in [2.24, 2.45) is 0 Å². The summed E-state index contributed by atoms with van der Waals surface area (Å²) in [6.45, 7) is 0. The monoisotopic (exact) mass is 298 g/mol. The lowest BCUT2D eigenvalue weighted by atomic mass is 9.62. The van der Waals surface area contributed by atoms with E-state index in [0.29, 0.717) is 18.6 Å². The largest absolute Gasteiger partial charge is 0.299 e. The molecule has 0 bridgehead atoms. The van der Waals surface area contributed by atoms with Crippen molar-refractivity contribution in [3.05, 3.63) is 107 Å². The van der Waals surface area contributed by atoms with Gasteiger partial charge < -0.3 is 0 Å². The lowest BCUT2D eigenvalue weighted by Crippen LogP contribution is -2.37. The number of fused-ring (bicyclic) bond motifs is 1. The number of rotatable bonds is 2. The highest BCUT2D eigenvalue weighted by molar-refractivity contribution is 5.87. The summed E-state index contributed by atoms with van der Waals surface area (Å²) in [4.78, 5) is 12.6. The van der Waals surface area contributed by atoms with E-state index >= 15 is 0 Å². The molecule has 0 saturated carbocycles. The van der Waals surface area contributed by atoms with Gasteiger partial charge in [-0.25, -0.2) is 0 Å². The average molecular weight is 298 g/mol. The van der Waals surface area contributed by atoms with E-state index in [0.717, 1.165) is 5.56 Å². The molecule has 1 heteroatoms. The third kappa shape index (κ3) is 2.20. The molecule has 3 aromatic rings. The van der Waals surface area contributed by atoms with Crippen LogP contribution in [0.15, 0.2) is 84.9 Å². The summed E-state index contributed by atoms with van der Waals surface area (Å²) in [7, 11) is 0. The number of carbonyl (C=O) groups excluding carboxylic acids is 1. The summed E-state index contributed by atoms with van der Waals surface area (Å²) in [5.41, 5.74) is 4.40. The highest BCUT2D eigenvalue weighted by atomic mass is 16.1. The fraction of sp³-hybridized carbons (Fsp3) is 0.136. The summed E-state index contributed by atoms with van der Waals surface area (Å²) >= 11 is 0. The first kappa shape index (κ1) is 14.0. The smallest absolute Gasteiger partial charge is 0.138 e. The van der Waals surface area contributed by atoms with Gasteiger partial charge in [-0.3, -0.25) is 4.79 Å². The second kappa shape index (κ2) is 5.51. The Kier molecular flexibility index (Phi) is 3.34. The van der Waals surface area contributed by atoms with Crippen molar-refractivity contribution in [3.63, 3.8) is 0 Å². The van der Waals surface area contributed by atoms with Gasteiger partial charge in [-0.15, -0.1) is 0 Å². The fourth-order valence-corrected chi connectivity index (χ4v) is 3.88. The molecule has 23 heavy (non-hydrogen) atoms. The Morgan fingerprint density at radius 1 is 0.652 bits per heavy atom. The van der Waals surface area contributed by atoms with E-state index in [1.807, 2.05) is 18.2 Å². The summed E-state index contributed by atoms with van der Waals surface area (Å²) in [6, 6.07) is 29.2. The lowest BCUT2D eigenvalue weighted by molar-refractivity contribution is -0.119. The molecule has 1 aliphatic rings. The Hall–Kier alpha value is -2.67. The van der Waals surface area contributed by atoms with Crippen molar-refractivity contribution in [3.8, 4) is 0 Å². The molecule has 0 amide bonds. The molecular formula is C22H18O. The van der Waals surface area contributed by atoms with Crippen LogP contribution in [0.3, 0.4) is 0 Å². The third-order valence-electron chi connectivity index (χ3n) is 4.86. The van der Waals surface area contributed by atoms with Crippen molar-refractivity contribution in [1.82, 2.24) is 0 Å². The molecule has 0 N–H and O–H groups in total. The molecule has 0 saturated heterocycles. The number of hydrogen-bond donors (Lipinski definition) is 0. The van der Waals surface area contributed by atoms with E-state index in [2.05, 4.69) is 66.7 Å². The molecule has 0 aromatic heterocycles. The highest BCUT2D eigenvalue weighted by Gasteiger charge is 2.42. The molecule has 0 spiro atoms.